The number of aliphatic hydroxyl groups excluding tert-OH is 1. The molecule has 3 aromatic rings. The van der Waals surface area contributed by atoms with Gasteiger partial charge in [0.2, 0.25) is 11.8 Å². The van der Waals surface area contributed by atoms with Gasteiger partial charge in [-0.25, -0.2) is 0 Å². The number of amides is 3. The molecule has 3 fully saturated rings. The molecule has 0 saturated carbocycles. The van der Waals surface area contributed by atoms with Crippen molar-refractivity contribution in [2.75, 3.05) is 18.1 Å². The van der Waals surface area contributed by atoms with Crippen LogP contribution in [0.3, 0.4) is 0 Å². The summed E-state index contributed by atoms with van der Waals surface area (Å²) in [6.07, 6.45) is 2.75. The largest absolute Gasteiger partial charge is 0.455 e. The molecule has 2 bridgehead atoms. The number of likely N-dealkylation sites (tertiary alicyclic amines) is 1. The molecule has 54 heavy (non-hydrogen) atoms. The van der Waals surface area contributed by atoms with Crippen molar-refractivity contribution in [3.63, 3.8) is 0 Å². The van der Waals surface area contributed by atoms with Crippen LogP contribution in [0.25, 0.3) is 0 Å². The first-order valence-electron chi connectivity index (χ1n) is 18.2. The highest BCUT2D eigenvalue weighted by Gasteiger charge is 2.77. The molecule has 3 saturated heterocycles. The van der Waals surface area contributed by atoms with E-state index in [4.69, 9.17) is 21.1 Å². The average Bonchev–Trinajstić information content (AvgIpc) is 3.78. The highest BCUT2D eigenvalue weighted by Crippen LogP contribution is 2.61. The van der Waals surface area contributed by atoms with Gasteiger partial charge in [-0.05, 0) is 49.4 Å². The smallest absolute Gasteiger partial charge is 0.313 e. The number of hydrogen-bond acceptors (Lipinski definition) is 7. The van der Waals surface area contributed by atoms with Crippen LogP contribution in [-0.4, -0.2) is 81.5 Å². The van der Waals surface area contributed by atoms with E-state index in [1.54, 1.807) is 43.3 Å². The molecule has 1 spiro atoms. The maximum Gasteiger partial charge on any atom is 0.313 e. The van der Waals surface area contributed by atoms with E-state index in [0.29, 0.717) is 22.7 Å². The number of fused-ring (bicyclic) bond motifs is 1. The van der Waals surface area contributed by atoms with Gasteiger partial charge in [0.05, 0.1) is 47.3 Å². The van der Waals surface area contributed by atoms with E-state index in [1.165, 1.54) is 9.80 Å². The number of alkyl halides is 1. The van der Waals surface area contributed by atoms with Crippen LogP contribution in [-0.2, 0) is 35.1 Å². The molecule has 3 amide bonds. The third-order valence-corrected chi connectivity index (χ3v) is 11.8. The highest BCUT2D eigenvalue weighted by atomic mass is 79.9. The summed E-state index contributed by atoms with van der Waals surface area (Å²) in [5.74, 6) is -4.06. The second-order valence-electron chi connectivity index (χ2n) is 14.1. The minimum atomic E-state index is -1.45. The van der Waals surface area contributed by atoms with Gasteiger partial charge in [-0.2, -0.15) is 0 Å². The van der Waals surface area contributed by atoms with Crippen LogP contribution in [0.2, 0.25) is 5.02 Å². The third-order valence-electron chi connectivity index (χ3n) is 10.7. The molecule has 10 nitrogen and oxygen atoms in total. The first-order chi connectivity index (χ1) is 26.1. The predicted octanol–water partition coefficient (Wildman–Crippen LogP) is 5.97. The van der Waals surface area contributed by atoms with E-state index in [0.717, 1.165) is 5.56 Å². The summed E-state index contributed by atoms with van der Waals surface area (Å²) >= 11 is 10.4. The number of nitrogens with zero attached hydrogens (tertiary/aromatic N) is 2. The monoisotopic (exact) mass is 817 g/mol. The molecule has 3 heterocycles. The van der Waals surface area contributed by atoms with Crippen LogP contribution in [0, 0.1) is 11.8 Å². The van der Waals surface area contributed by atoms with Crippen molar-refractivity contribution in [3.8, 4) is 0 Å². The van der Waals surface area contributed by atoms with E-state index < -0.39 is 77.0 Å². The highest BCUT2D eigenvalue weighted by molar-refractivity contribution is 9.09. The summed E-state index contributed by atoms with van der Waals surface area (Å²) in [4.78, 5) is 60.1. The number of nitrogens with one attached hydrogen (secondary N) is 1. The van der Waals surface area contributed by atoms with Crippen LogP contribution in [0.1, 0.15) is 43.4 Å². The third kappa shape index (κ3) is 7.51. The Kier molecular flexibility index (Phi) is 12.4. The number of halogens is 2. The number of hydrogen-bond donors (Lipinski definition) is 2. The maximum absolute atomic E-state index is 15.1. The molecule has 1 unspecified atom stereocenters. The number of para-hydroxylation sites is 1. The SMILES string of the molecule is C=CCCC(=O)N[C@H](C)[C@@H](OC(=O)[C@@H]1[C@H]2O[C@@]3(CC2Br)[C@H](C(=O)N(CC=C)c2ccccc2Cl)N([C@@H](CO)Cc2ccccc2)C(=O)[C@@H]13)c1ccccc1. The van der Waals surface area contributed by atoms with E-state index in [1.807, 2.05) is 60.7 Å². The quantitative estimate of drug-likeness (QED) is 0.104. The minimum Gasteiger partial charge on any atom is -0.455 e. The van der Waals surface area contributed by atoms with E-state index in [2.05, 4.69) is 34.4 Å². The molecule has 3 aliphatic heterocycles. The number of anilines is 1. The Balaban J connectivity index is 1.40. The second-order valence-corrected chi connectivity index (χ2v) is 15.7. The van der Waals surface area contributed by atoms with E-state index >= 15 is 9.59 Å². The Morgan fingerprint density at radius 1 is 1.07 bits per heavy atom. The summed E-state index contributed by atoms with van der Waals surface area (Å²) in [6.45, 7) is 8.95. The molecule has 0 aromatic heterocycles. The van der Waals surface area contributed by atoms with Gasteiger partial charge in [-0.15, -0.1) is 13.2 Å². The lowest BCUT2D eigenvalue weighted by atomic mass is 9.70. The van der Waals surface area contributed by atoms with Gasteiger partial charge in [0.1, 0.15) is 17.7 Å². The summed E-state index contributed by atoms with van der Waals surface area (Å²) in [6, 6.07) is 22.7. The summed E-state index contributed by atoms with van der Waals surface area (Å²) < 4.78 is 13.1. The van der Waals surface area contributed by atoms with Gasteiger partial charge in [0.25, 0.3) is 5.91 Å². The van der Waals surface area contributed by atoms with Crippen molar-refractivity contribution < 1.29 is 33.8 Å². The Morgan fingerprint density at radius 3 is 2.39 bits per heavy atom. The molecule has 3 aliphatic rings. The first-order valence-corrected chi connectivity index (χ1v) is 19.5. The number of benzene rings is 3. The number of aliphatic hydroxyl groups is 1. The fraction of sp³-hybridized carbons (Fsp3) is 0.381. The zero-order chi connectivity index (χ0) is 38.6. The zero-order valence-corrected chi connectivity index (χ0v) is 32.4. The molecule has 6 rings (SSSR count). The van der Waals surface area contributed by atoms with Crippen LogP contribution >= 0.6 is 27.5 Å². The fourth-order valence-corrected chi connectivity index (χ4v) is 9.52. The minimum absolute atomic E-state index is 0.0755. The molecule has 0 radical (unpaired) electrons. The van der Waals surface area contributed by atoms with Crippen LogP contribution in [0.5, 0.6) is 0 Å². The average molecular weight is 819 g/mol. The summed E-state index contributed by atoms with van der Waals surface area (Å²) in [5, 5.41) is 14.2. The van der Waals surface area contributed by atoms with Gasteiger partial charge in [-0.3, -0.25) is 19.2 Å². The van der Waals surface area contributed by atoms with Gasteiger partial charge in [-0.1, -0.05) is 112 Å². The number of carbonyl (C=O) groups is 4. The Morgan fingerprint density at radius 2 is 1.74 bits per heavy atom. The fourth-order valence-electron chi connectivity index (χ4n) is 8.34. The molecule has 12 heteroatoms. The Labute approximate surface area is 329 Å². The van der Waals surface area contributed by atoms with E-state index in [9.17, 15) is 14.7 Å². The molecular weight excluding hydrogens is 774 g/mol. The number of carbonyl (C=O) groups excluding carboxylic acids is 4. The molecule has 284 valence electrons. The standard InChI is InChI=1S/C42H45BrClN3O7/c1-4-6-21-33(49)45-26(3)36(28-17-11-8-12-18-28)53-41(52)34-35-39(50)47(29(25-48)23-27-15-9-7-10-16-27)38(42(35)24-30(43)37(34)54-42)40(51)46(22-5-2)32-20-14-13-19-31(32)44/h4-5,7-20,26,29-30,34-38,48H,1-2,6,21-25H2,3H3,(H,45,49)/t26-,29-,30?,34+,35-,36-,37+,38+,42-/m1/s1. The van der Waals surface area contributed by atoms with Crippen molar-refractivity contribution in [2.45, 2.75) is 73.4 Å². The molecule has 9 atom stereocenters. The molecule has 2 N–H and O–H groups in total. The zero-order valence-electron chi connectivity index (χ0n) is 30.1. The molecular formula is C42H45BrClN3O7. The number of rotatable bonds is 16. The van der Waals surface area contributed by atoms with Gasteiger partial charge in [0, 0.05) is 17.8 Å². The lowest BCUT2D eigenvalue weighted by Gasteiger charge is -2.39. The first kappa shape index (κ1) is 39.4. The van der Waals surface area contributed by atoms with Crippen molar-refractivity contribution in [2.24, 2.45) is 11.8 Å². The van der Waals surface area contributed by atoms with Crippen LogP contribution in [0.4, 0.5) is 5.69 Å². The Hall–Kier alpha value is -4.29. The van der Waals surface area contributed by atoms with Crippen molar-refractivity contribution in [3.05, 3.63) is 126 Å². The number of esters is 1. The Bertz CT molecular complexity index is 1860. The van der Waals surface area contributed by atoms with Crippen LogP contribution in [0.15, 0.2) is 110 Å². The lowest BCUT2D eigenvalue weighted by molar-refractivity contribution is -0.162. The number of allylic oxidation sites excluding steroid dienone is 1. The molecule has 0 aliphatic carbocycles. The van der Waals surface area contributed by atoms with Crippen molar-refractivity contribution in [1.29, 1.82) is 0 Å². The van der Waals surface area contributed by atoms with Crippen LogP contribution < -0.4 is 10.2 Å². The lowest BCUT2D eigenvalue weighted by Crippen LogP contribution is -2.59. The topological polar surface area (TPSA) is 125 Å². The number of ether oxygens (including phenoxy) is 2. The van der Waals surface area contributed by atoms with Gasteiger partial charge >= 0.3 is 5.97 Å². The summed E-state index contributed by atoms with van der Waals surface area (Å²) in [7, 11) is 0. The maximum atomic E-state index is 15.1. The predicted molar refractivity (Wildman–Crippen MR) is 210 cm³/mol. The van der Waals surface area contributed by atoms with Crippen molar-refractivity contribution in [1.82, 2.24) is 10.2 Å². The second kappa shape index (κ2) is 17.0. The van der Waals surface area contributed by atoms with Gasteiger partial charge < -0.3 is 29.7 Å². The van der Waals surface area contributed by atoms with Gasteiger partial charge in [0.15, 0.2) is 0 Å². The van der Waals surface area contributed by atoms with Crippen molar-refractivity contribution >= 4 is 56.9 Å². The normalized spacial score (nSPS) is 25.7. The molecule has 3 aromatic carbocycles. The summed E-state index contributed by atoms with van der Waals surface area (Å²) in [5.41, 5.74) is 0.489. The van der Waals surface area contributed by atoms with E-state index in [-0.39, 0.29) is 31.7 Å².